The summed E-state index contributed by atoms with van der Waals surface area (Å²) in [7, 11) is 0. The van der Waals surface area contributed by atoms with E-state index in [2.05, 4.69) is 20.5 Å². The lowest BCUT2D eigenvalue weighted by atomic mass is 10.00. The first-order chi connectivity index (χ1) is 13.2. The highest BCUT2D eigenvalue weighted by Gasteiger charge is 2.26. The largest absolute Gasteiger partial charge is 0.401 e. The molecule has 0 aliphatic carbocycles. The minimum Gasteiger partial charge on any atom is -0.338 e. The van der Waals surface area contributed by atoms with Crippen LogP contribution >= 0.6 is 0 Å². The van der Waals surface area contributed by atoms with E-state index >= 15 is 0 Å². The van der Waals surface area contributed by atoms with Gasteiger partial charge in [0.1, 0.15) is 11.6 Å². The van der Waals surface area contributed by atoms with Crippen LogP contribution in [0.2, 0.25) is 0 Å². The molecule has 3 rings (SSSR count). The van der Waals surface area contributed by atoms with Crippen LogP contribution < -0.4 is 10.9 Å². The van der Waals surface area contributed by atoms with Crippen molar-refractivity contribution in [2.75, 3.05) is 13.1 Å². The van der Waals surface area contributed by atoms with Gasteiger partial charge in [0, 0.05) is 23.9 Å². The van der Waals surface area contributed by atoms with Crippen molar-refractivity contribution < 1.29 is 13.2 Å². The molecule has 0 amide bonds. The highest BCUT2D eigenvalue weighted by molar-refractivity contribution is 5.67. The van der Waals surface area contributed by atoms with Gasteiger partial charge in [0.25, 0.3) is 5.56 Å². The number of nitrogens with zero attached hydrogens (tertiary/aromatic N) is 5. The highest BCUT2D eigenvalue weighted by Crippen LogP contribution is 2.25. The van der Waals surface area contributed by atoms with E-state index in [4.69, 9.17) is 0 Å². The summed E-state index contributed by atoms with van der Waals surface area (Å²) in [4.78, 5) is 15.9. The monoisotopic (exact) mass is 393 g/mol. The summed E-state index contributed by atoms with van der Waals surface area (Å²) in [6.07, 6.45) is 0.224. The number of H-pyrrole nitrogens is 1. The van der Waals surface area contributed by atoms with Crippen LogP contribution in [0.1, 0.15) is 30.9 Å². The normalized spacial score (nSPS) is 12.0. The Morgan fingerprint density at radius 2 is 2.07 bits per heavy atom. The average Bonchev–Trinajstić information content (AvgIpc) is 3.24. The Balaban J connectivity index is 1.93. The molecule has 0 bridgehead atoms. The van der Waals surface area contributed by atoms with E-state index in [1.54, 1.807) is 6.20 Å². The predicted octanol–water partition coefficient (Wildman–Crippen LogP) is 2.03. The molecular formula is C17H18F3N7O. The third-order valence-corrected chi connectivity index (χ3v) is 4.17. The van der Waals surface area contributed by atoms with Crippen molar-refractivity contribution in [2.24, 2.45) is 0 Å². The van der Waals surface area contributed by atoms with Crippen molar-refractivity contribution in [3.05, 3.63) is 40.1 Å². The maximum Gasteiger partial charge on any atom is 0.401 e. The van der Waals surface area contributed by atoms with Crippen molar-refractivity contribution in [3.63, 3.8) is 0 Å². The van der Waals surface area contributed by atoms with Gasteiger partial charge in [-0.1, -0.05) is 13.8 Å². The van der Waals surface area contributed by atoms with Gasteiger partial charge in [0.2, 0.25) is 0 Å². The van der Waals surface area contributed by atoms with Gasteiger partial charge >= 0.3 is 6.18 Å². The number of hydrogen-bond acceptors (Lipinski definition) is 5. The van der Waals surface area contributed by atoms with Crippen molar-refractivity contribution in [1.29, 1.82) is 5.26 Å². The number of halogens is 3. The third kappa shape index (κ3) is 3.91. The molecule has 28 heavy (non-hydrogen) atoms. The van der Waals surface area contributed by atoms with Gasteiger partial charge in [-0.3, -0.25) is 9.48 Å². The Kier molecular flexibility index (Phi) is 5.24. The zero-order chi connectivity index (χ0) is 20.5. The van der Waals surface area contributed by atoms with Gasteiger partial charge < -0.3 is 10.3 Å². The molecule has 3 aromatic heterocycles. The van der Waals surface area contributed by atoms with Gasteiger partial charge in [-0.2, -0.15) is 33.1 Å². The van der Waals surface area contributed by atoms with Gasteiger partial charge in [-0.05, 0) is 5.92 Å². The van der Waals surface area contributed by atoms with E-state index < -0.39 is 12.7 Å². The minimum absolute atomic E-state index is 0.0917. The topological polar surface area (TPSA) is 104 Å². The predicted molar refractivity (Wildman–Crippen MR) is 94.8 cm³/mol. The molecule has 0 aliphatic rings. The first-order valence-corrected chi connectivity index (χ1v) is 8.55. The molecule has 3 aromatic rings. The Hall–Kier alpha value is -3.13. The van der Waals surface area contributed by atoms with Crippen molar-refractivity contribution >= 4 is 5.65 Å². The molecule has 0 saturated heterocycles. The fourth-order valence-corrected chi connectivity index (χ4v) is 2.91. The molecule has 0 saturated carbocycles. The van der Waals surface area contributed by atoms with Crippen molar-refractivity contribution in [1.82, 2.24) is 29.7 Å². The summed E-state index contributed by atoms with van der Waals surface area (Å²) in [5, 5.41) is 19.6. The summed E-state index contributed by atoms with van der Waals surface area (Å²) in [6.45, 7) is 2.98. The molecule has 11 heteroatoms. The second kappa shape index (κ2) is 7.47. The third-order valence-electron chi connectivity index (χ3n) is 4.17. The van der Waals surface area contributed by atoms with Gasteiger partial charge in [0.15, 0.2) is 5.65 Å². The van der Waals surface area contributed by atoms with Gasteiger partial charge in [-0.25, -0.2) is 0 Å². The van der Waals surface area contributed by atoms with Crippen LogP contribution in [0.3, 0.4) is 0 Å². The van der Waals surface area contributed by atoms with Crippen molar-refractivity contribution in [2.45, 2.75) is 32.5 Å². The maximum atomic E-state index is 12.8. The van der Waals surface area contributed by atoms with Gasteiger partial charge in [-0.15, -0.1) is 0 Å². The van der Waals surface area contributed by atoms with Crippen LogP contribution in [0.5, 0.6) is 0 Å². The molecule has 0 atom stereocenters. The first kappa shape index (κ1) is 19.6. The number of fused-ring (bicyclic) bond motifs is 1. The summed E-state index contributed by atoms with van der Waals surface area (Å²) in [5.74, 6) is -0.130. The Morgan fingerprint density at radius 3 is 2.71 bits per heavy atom. The van der Waals surface area contributed by atoms with Crippen LogP contribution in [-0.2, 0) is 6.54 Å². The fraction of sp³-hybridized carbons (Fsp3) is 0.412. The van der Waals surface area contributed by atoms with Crippen LogP contribution in [0.15, 0.2) is 23.4 Å². The lowest BCUT2D eigenvalue weighted by Gasteiger charge is -2.11. The summed E-state index contributed by atoms with van der Waals surface area (Å²) in [6, 6.07) is 1.98. The lowest BCUT2D eigenvalue weighted by Crippen LogP contribution is -2.31. The molecule has 3 heterocycles. The van der Waals surface area contributed by atoms with E-state index in [9.17, 15) is 23.2 Å². The summed E-state index contributed by atoms with van der Waals surface area (Å²) >= 11 is 0. The first-order valence-electron chi connectivity index (χ1n) is 8.55. The van der Waals surface area contributed by atoms with Crippen LogP contribution in [0.25, 0.3) is 16.9 Å². The zero-order valence-corrected chi connectivity index (χ0v) is 15.2. The standard InChI is InChI=1S/C17H18F3N7O/c1-10(2)13-14(25-15-11(5-21)6-24-27(15)16(13)28)12-7-23-26(8-12)4-3-22-9-17(18,19)20/h6-8,10,22,25H,3-4,9H2,1-2H3. The molecule has 0 aliphatic heterocycles. The molecule has 148 valence electrons. The van der Waals surface area contributed by atoms with Crippen molar-refractivity contribution in [3.8, 4) is 17.3 Å². The lowest BCUT2D eigenvalue weighted by molar-refractivity contribution is -0.124. The Bertz CT molecular complexity index is 1090. The van der Waals surface area contributed by atoms with E-state index in [0.717, 1.165) is 4.52 Å². The molecule has 8 nitrogen and oxygen atoms in total. The molecule has 2 N–H and O–H groups in total. The number of aromatic amines is 1. The highest BCUT2D eigenvalue weighted by atomic mass is 19.4. The van der Waals surface area contributed by atoms with Crippen LogP contribution in [0, 0.1) is 11.3 Å². The average molecular weight is 393 g/mol. The molecular weight excluding hydrogens is 375 g/mol. The SMILES string of the molecule is CC(C)c1c(-c2cnn(CCNCC(F)(F)F)c2)[nH]c2c(C#N)cnn2c1=O. The molecule has 0 spiro atoms. The Labute approximate surface area is 157 Å². The van der Waals surface area contributed by atoms with Crippen LogP contribution in [-0.4, -0.2) is 43.6 Å². The summed E-state index contributed by atoms with van der Waals surface area (Å²) < 4.78 is 39.2. The van der Waals surface area contributed by atoms with Crippen LogP contribution in [0.4, 0.5) is 13.2 Å². The fourth-order valence-electron chi connectivity index (χ4n) is 2.91. The molecule has 0 fully saturated rings. The Morgan fingerprint density at radius 1 is 1.32 bits per heavy atom. The molecule has 0 unspecified atom stereocenters. The zero-order valence-electron chi connectivity index (χ0n) is 15.2. The maximum absolute atomic E-state index is 12.8. The van der Waals surface area contributed by atoms with E-state index in [1.807, 2.05) is 19.9 Å². The van der Waals surface area contributed by atoms with E-state index in [-0.39, 0.29) is 35.8 Å². The second-order valence-corrected chi connectivity index (χ2v) is 6.59. The molecule has 0 radical (unpaired) electrons. The smallest absolute Gasteiger partial charge is 0.338 e. The number of alkyl halides is 3. The van der Waals surface area contributed by atoms with Gasteiger partial charge in [0.05, 0.1) is 31.2 Å². The summed E-state index contributed by atoms with van der Waals surface area (Å²) in [5.41, 5.74) is 1.78. The van der Waals surface area contributed by atoms with E-state index in [0.29, 0.717) is 16.8 Å². The molecule has 0 aromatic carbocycles. The number of nitriles is 1. The van der Waals surface area contributed by atoms with E-state index in [1.165, 1.54) is 17.1 Å². The number of nitrogens with one attached hydrogen (secondary N) is 2. The minimum atomic E-state index is -4.26. The quantitative estimate of drug-likeness (QED) is 0.624. The number of aromatic nitrogens is 5. The number of rotatable bonds is 6. The second-order valence-electron chi connectivity index (χ2n) is 6.59. The number of hydrogen-bond donors (Lipinski definition) is 2.